The quantitative estimate of drug-likeness (QED) is 0.806. The molecule has 0 aliphatic heterocycles. The SMILES string of the molecule is Cc1cccc(C=Nc2c(F)cccc2F)c1O. The van der Waals surface area contributed by atoms with Gasteiger partial charge in [0.2, 0.25) is 0 Å². The molecular weight excluding hydrogens is 236 g/mol. The van der Waals surface area contributed by atoms with E-state index in [9.17, 15) is 13.9 Å². The molecule has 0 aliphatic carbocycles. The predicted octanol–water partition coefficient (Wildman–Crippen LogP) is 3.73. The van der Waals surface area contributed by atoms with Crippen LogP contribution in [0.4, 0.5) is 14.5 Å². The number of benzene rings is 2. The van der Waals surface area contributed by atoms with Crippen molar-refractivity contribution in [1.82, 2.24) is 0 Å². The summed E-state index contributed by atoms with van der Waals surface area (Å²) in [6, 6.07) is 8.61. The lowest BCUT2D eigenvalue weighted by atomic mass is 10.1. The Balaban J connectivity index is 2.39. The molecule has 1 N–H and O–H groups in total. The topological polar surface area (TPSA) is 32.6 Å². The molecular formula is C14H11F2NO. The van der Waals surface area contributed by atoms with E-state index in [1.165, 1.54) is 12.3 Å². The second-order valence-electron chi connectivity index (χ2n) is 3.84. The van der Waals surface area contributed by atoms with Gasteiger partial charge in [0.25, 0.3) is 0 Å². The van der Waals surface area contributed by atoms with E-state index in [1.54, 1.807) is 25.1 Å². The van der Waals surface area contributed by atoms with E-state index < -0.39 is 11.6 Å². The zero-order valence-electron chi connectivity index (χ0n) is 9.69. The van der Waals surface area contributed by atoms with Crippen molar-refractivity contribution < 1.29 is 13.9 Å². The summed E-state index contributed by atoms with van der Waals surface area (Å²) in [7, 11) is 0. The molecule has 0 fully saturated rings. The molecule has 0 aromatic heterocycles. The van der Waals surface area contributed by atoms with Crippen molar-refractivity contribution in [1.29, 1.82) is 0 Å². The molecule has 0 aliphatic rings. The van der Waals surface area contributed by atoms with Gasteiger partial charge in [0.15, 0.2) is 11.6 Å². The van der Waals surface area contributed by atoms with Crippen LogP contribution in [0.5, 0.6) is 5.75 Å². The Morgan fingerprint density at radius 1 is 1.06 bits per heavy atom. The molecule has 4 heteroatoms. The molecule has 18 heavy (non-hydrogen) atoms. The average Bonchev–Trinajstić information content (AvgIpc) is 2.33. The van der Waals surface area contributed by atoms with Crippen LogP contribution in [-0.4, -0.2) is 11.3 Å². The number of nitrogens with zero attached hydrogens (tertiary/aromatic N) is 1. The van der Waals surface area contributed by atoms with E-state index in [4.69, 9.17) is 0 Å². The Bertz CT molecular complexity index is 588. The van der Waals surface area contributed by atoms with E-state index in [0.29, 0.717) is 11.1 Å². The van der Waals surface area contributed by atoms with Crippen molar-refractivity contribution in [3.8, 4) is 5.75 Å². The van der Waals surface area contributed by atoms with Gasteiger partial charge in [-0.15, -0.1) is 0 Å². The van der Waals surface area contributed by atoms with Crippen LogP contribution in [0.1, 0.15) is 11.1 Å². The molecule has 0 saturated carbocycles. The molecule has 2 aromatic carbocycles. The van der Waals surface area contributed by atoms with Crippen LogP contribution < -0.4 is 0 Å². The fraction of sp³-hybridized carbons (Fsp3) is 0.0714. The molecule has 2 rings (SSSR count). The van der Waals surface area contributed by atoms with Gasteiger partial charge < -0.3 is 5.11 Å². The van der Waals surface area contributed by atoms with E-state index >= 15 is 0 Å². The van der Waals surface area contributed by atoms with Crippen LogP contribution in [0.15, 0.2) is 41.4 Å². The number of aliphatic imine (C=N–C) groups is 1. The number of hydrogen-bond acceptors (Lipinski definition) is 2. The van der Waals surface area contributed by atoms with Gasteiger partial charge >= 0.3 is 0 Å². The van der Waals surface area contributed by atoms with Crippen molar-refractivity contribution in [2.45, 2.75) is 6.92 Å². The van der Waals surface area contributed by atoms with Crippen LogP contribution in [0.3, 0.4) is 0 Å². The number of rotatable bonds is 2. The molecule has 0 heterocycles. The molecule has 0 saturated heterocycles. The van der Waals surface area contributed by atoms with Gasteiger partial charge in [0, 0.05) is 11.8 Å². The summed E-state index contributed by atoms with van der Waals surface area (Å²) in [5.74, 6) is -1.42. The molecule has 0 bridgehead atoms. The zero-order valence-corrected chi connectivity index (χ0v) is 9.69. The van der Waals surface area contributed by atoms with E-state index in [1.807, 2.05) is 0 Å². The fourth-order valence-corrected chi connectivity index (χ4v) is 1.53. The molecule has 2 nitrogen and oxygen atoms in total. The molecule has 0 atom stereocenters. The van der Waals surface area contributed by atoms with Gasteiger partial charge in [0.05, 0.1) is 0 Å². The van der Waals surface area contributed by atoms with Crippen LogP contribution in [0, 0.1) is 18.6 Å². The lowest BCUT2D eigenvalue weighted by molar-refractivity contribution is 0.470. The first-order chi connectivity index (χ1) is 8.59. The smallest absolute Gasteiger partial charge is 0.151 e. The summed E-state index contributed by atoms with van der Waals surface area (Å²) < 4.78 is 26.6. The van der Waals surface area contributed by atoms with Crippen molar-refractivity contribution in [2.24, 2.45) is 4.99 Å². The Morgan fingerprint density at radius 3 is 2.33 bits per heavy atom. The van der Waals surface area contributed by atoms with Crippen molar-refractivity contribution in [2.75, 3.05) is 0 Å². The highest BCUT2D eigenvalue weighted by Crippen LogP contribution is 2.24. The van der Waals surface area contributed by atoms with E-state index in [-0.39, 0.29) is 11.4 Å². The lowest BCUT2D eigenvalue weighted by Gasteiger charge is -2.02. The summed E-state index contributed by atoms with van der Waals surface area (Å²) in [6.07, 6.45) is 1.24. The Hall–Kier alpha value is -2.23. The number of phenolic OH excluding ortho intramolecular Hbond substituents is 1. The van der Waals surface area contributed by atoms with Crippen LogP contribution in [0.2, 0.25) is 0 Å². The highest BCUT2D eigenvalue weighted by atomic mass is 19.1. The molecule has 0 spiro atoms. The normalized spacial score (nSPS) is 11.1. The number of phenols is 1. The largest absolute Gasteiger partial charge is 0.507 e. The predicted molar refractivity (Wildman–Crippen MR) is 66.5 cm³/mol. The minimum absolute atomic E-state index is 0.0537. The fourth-order valence-electron chi connectivity index (χ4n) is 1.53. The maximum atomic E-state index is 13.3. The highest BCUT2D eigenvalue weighted by molar-refractivity contribution is 5.85. The van der Waals surface area contributed by atoms with E-state index in [2.05, 4.69) is 4.99 Å². The van der Waals surface area contributed by atoms with Crippen molar-refractivity contribution >= 4 is 11.9 Å². The summed E-state index contributed by atoms with van der Waals surface area (Å²) in [4.78, 5) is 3.74. The Kier molecular flexibility index (Phi) is 3.37. The number of para-hydroxylation sites is 2. The van der Waals surface area contributed by atoms with Crippen molar-refractivity contribution in [3.63, 3.8) is 0 Å². The highest BCUT2D eigenvalue weighted by Gasteiger charge is 2.06. The molecule has 0 amide bonds. The zero-order chi connectivity index (χ0) is 13.1. The minimum atomic E-state index is -0.738. The van der Waals surface area contributed by atoms with Crippen LogP contribution >= 0.6 is 0 Å². The molecule has 2 aromatic rings. The molecule has 0 radical (unpaired) electrons. The number of halogens is 2. The maximum Gasteiger partial charge on any atom is 0.151 e. The van der Waals surface area contributed by atoms with Gasteiger partial charge in [-0.3, -0.25) is 0 Å². The van der Waals surface area contributed by atoms with Gasteiger partial charge in [0.1, 0.15) is 11.4 Å². The average molecular weight is 247 g/mol. The first kappa shape index (κ1) is 12.2. The standard InChI is InChI=1S/C14H11F2NO/c1-9-4-2-5-10(14(9)18)8-17-13-11(15)6-3-7-12(13)16/h2-8,18H,1H3. The monoisotopic (exact) mass is 247 g/mol. The Morgan fingerprint density at radius 2 is 1.67 bits per heavy atom. The number of aryl methyl sites for hydroxylation is 1. The second-order valence-corrected chi connectivity index (χ2v) is 3.84. The Labute approximate surface area is 103 Å². The molecule has 0 unspecified atom stereocenters. The van der Waals surface area contributed by atoms with Crippen molar-refractivity contribution in [3.05, 3.63) is 59.2 Å². The summed E-state index contributed by atoms with van der Waals surface area (Å²) in [5.41, 5.74) is 0.726. The van der Waals surface area contributed by atoms with E-state index in [0.717, 1.165) is 12.1 Å². The number of hydrogen-bond donors (Lipinski definition) is 1. The van der Waals surface area contributed by atoms with Gasteiger partial charge in [-0.2, -0.15) is 0 Å². The third-order valence-corrected chi connectivity index (χ3v) is 2.54. The summed E-state index contributed by atoms with van der Waals surface area (Å²) >= 11 is 0. The maximum absolute atomic E-state index is 13.3. The first-order valence-corrected chi connectivity index (χ1v) is 5.36. The third-order valence-electron chi connectivity index (χ3n) is 2.54. The second kappa shape index (κ2) is 4.96. The molecule has 92 valence electrons. The number of aromatic hydroxyl groups is 1. The first-order valence-electron chi connectivity index (χ1n) is 5.36. The van der Waals surface area contributed by atoms with Gasteiger partial charge in [-0.05, 0) is 30.7 Å². The summed E-state index contributed by atoms with van der Waals surface area (Å²) in [6.45, 7) is 1.73. The minimum Gasteiger partial charge on any atom is -0.507 e. The van der Waals surface area contributed by atoms with Gasteiger partial charge in [-0.1, -0.05) is 18.2 Å². The third kappa shape index (κ3) is 2.37. The van der Waals surface area contributed by atoms with Crippen LogP contribution in [0.25, 0.3) is 0 Å². The summed E-state index contributed by atoms with van der Waals surface area (Å²) in [5, 5.41) is 9.74. The van der Waals surface area contributed by atoms with Gasteiger partial charge in [-0.25, -0.2) is 13.8 Å². The lowest BCUT2D eigenvalue weighted by Crippen LogP contribution is -1.87. The van der Waals surface area contributed by atoms with Crippen LogP contribution in [-0.2, 0) is 0 Å².